The molecule has 1 aromatic rings. The van der Waals surface area contributed by atoms with Crippen molar-refractivity contribution in [1.82, 2.24) is 4.98 Å². The second kappa shape index (κ2) is 6.42. The SMILES string of the molecule is CCOC(C)CNc1nccc(C(=O)O)c1Cl. The number of carboxylic acid groups (broad SMARTS) is 1. The summed E-state index contributed by atoms with van der Waals surface area (Å²) in [7, 11) is 0. The van der Waals surface area contributed by atoms with Gasteiger partial charge in [0.2, 0.25) is 0 Å². The molecule has 0 aliphatic heterocycles. The van der Waals surface area contributed by atoms with E-state index >= 15 is 0 Å². The molecule has 0 saturated heterocycles. The summed E-state index contributed by atoms with van der Waals surface area (Å²) in [5, 5.41) is 12.0. The van der Waals surface area contributed by atoms with Gasteiger partial charge in [0, 0.05) is 19.3 Å². The zero-order valence-corrected chi connectivity index (χ0v) is 10.5. The van der Waals surface area contributed by atoms with Crippen molar-refractivity contribution >= 4 is 23.4 Å². The van der Waals surface area contributed by atoms with Crippen molar-refractivity contribution in [3.63, 3.8) is 0 Å². The minimum atomic E-state index is -1.07. The fourth-order valence-corrected chi connectivity index (χ4v) is 1.58. The van der Waals surface area contributed by atoms with Crippen LogP contribution in [0.5, 0.6) is 0 Å². The van der Waals surface area contributed by atoms with Crippen molar-refractivity contribution < 1.29 is 14.6 Å². The van der Waals surface area contributed by atoms with Gasteiger partial charge in [-0.3, -0.25) is 0 Å². The van der Waals surface area contributed by atoms with Crippen molar-refractivity contribution in [1.29, 1.82) is 0 Å². The molecule has 94 valence electrons. The zero-order chi connectivity index (χ0) is 12.8. The maximum atomic E-state index is 10.8. The van der Waals surface area contributed by atoms with E-state index in [0.29, 0.717) is 19.0 Å². The molecule has 0 fully saturated rings. The standard InChI is InChI=1S/C11H15ClN2O3/c1-3-17-7(2)6-14-10-9(12)8(11(15)16)4-5-13-10/h4-5,7H,3,6H2,1-2H3,(H,13,14)(H,15,16). The lowest BCUT2D eigenvalue weighted by atomic mass is 10.2. The molecule has 1 unspecified atom stereocenters. The van der Waals surface area contributed by atoms with Gasteiger partial charge in [0.05, 0.1) is 16.7 Å². The van der Waals surface area contributed by atoms with Crippen LogP contribution in [0.2, 0.25) is 5.02 Å². The number of nitrogens with one attached hydrogen (secondary N) is 1. The minimum Gasteiger partial charge on any atom is -0.478 e. The summed E-state index contributed by atoms with van der Waals surface area (Å²) in [6, 6.07) is 1.36. The molecule has 1 aromatic heterocycles. The molecule has 2 N–H and O–H groups in total. The molecule has 1 atom stereocenters. The van der Waals surface area contributed by atoms with E-state index in [-0.39, 0.29) is 16.7 Å². The molecule has 0 aromatic carbocycles. The fourth-order valence-electron chi connectivity index (χ4n) is 1.32. The maximum absolute atomic E-state index is 10.8. The number of hydrogen-bond acceptors (Lipinski definition) is 4. The highest BCUT2D eigenvalue weighted by Crippen LogP contribution is 2.23. The van der Waals surface area contributed by atoms with Gasteiger partial charge in [-0.05, 0) is 19.9 Å². The number of aromatic carboxylic acids is 1. The summed E-state index contributed by atoms with van der Waals surface area (Å²) in [6.07, 6.45) is 1.41. The van der Waals surface area contributed by atoms with Crippen LogP contribution < -0.4 is 5.32 Å². The Morgan fingerprint density at radius 2 is 2.41 bits per heavy atom. The van der Waals surface area contributed by atoms with Gasteiger partial charge < -0.3 is 15.2 Å². The second-order valence-electron chi connectivity index (χ2n) is 3.47. The van der Waals surface area contributed by atoms with Crippen LogP contribution in [-0.2, 0) is 4.74 Å². The van der Waals surface area contributed by atoms with Crippen molar-refractivity contribution in [3.05, 3.63) is 22.8 Å². The molecule has 5 nitrogen and oxygen atoms in total. The van der Waals surface area contributed by atoms with Gasteiger partial charge in [-0.1, -0.05) is 11.6 Å². The van der Waals surface area contributed by atoms with Crippen LogP contribution in [0.15, 0.2) is 12.3 Å². The molecule has 0 saturated carbocycles. The average molecular weight is 259 g/mol. The Hall–Kier alpha value is -1.33. The number of anilines is 1. The topological polar surface area (TPSA) is 71.5 Å². The molecule has 1 heterocycles. The average Bonchev–Trinajstić information content (AvgIpc) is 2.27. The van der Waals surface area contributed by atoms with Gasteiger partial charge in [0.1, 0.15) is 5.82 Å². The van der Waals surface area contributed by atoms with Gasteiger partial charge in [-0.15, -0.1) is 0 Å². The molecular weight excluding hydrogens is 244 g/mol. The van der Waals surface area contributed by atoms with E-state index < -0.39 is 5.97 Å². The lowest BCUT2D eigenvalue weighted by Gasteiger charge is -2.14. The molecule has 17 heavy (non-hydrogen) atoms. The van der Waals surface area contributed by atoms with Crippen LogP contribution >= 0.6 is 11.6 Å². The highest BCUT2D eigenvalue weighted by molar-refractivity contribution is 6.35. The summed E-state index contributed by atoms with van der Waals surface area (Å²) in [5.74, 6) is -0.712. The van der Waals surface area contributed by atoms with Crippen LogP contribution in [-0.4, -0.2) is 35.3 Å². The third kappa shape index (κ3) is 3.87. The number of nitrogens with zero attached hydrogens (tertiary/aromatic N) is 1. The van der Waals surface area contributed by atoms with Crippen LogP contribution in [0, 0.1) is 0 Å². The summed E-state index contributed by atoms with van der Waals surface area (Å²) < 4.78 is 5.33. The molecule has 0 radical (unpaired) electrons. The van der Waals surface area contributed by atoms with E-state index in [0.717, 1.165) is 0 Å². The first-order valence-corrected chi connectivity index (χ1v) is 5.67. The van der Waals surface area contributed by atoms with Crippen molar-refractivity contribution in [3.8, 4) is 0 Å². The number of rotatable bonds is 6. The third-order valence-electron chi connectivity index (χ3n) is 2.13. The summed E-state index contributed by atoms with van der Waals surface area (Å²) in [5.41, 5.74) is 0.0354. The Bertz CT molecular complexity index is 398. The van der Waals surface area contributed by atoms with E-state index in [2.05, 4.69) is 10.3 Å². The van der Waals surface area contributed by atoms with E-state index in [9.17, 15) is 4.79 Å². The molecule has 0 aliphatic carbocycles. The number of hydrogen-bond donors (Lipinski definition) is 2. The second-order valence-corrected chi connectivity index (χ2v) is 3.85. The molecule has 0 aliphatic rings. The Morgan fingerprint density at radius 1 is 1.71 bits per heavy atom. The monoisotopic (exact) mass is 258 g/mol. The van der Waals surface area contributed by atoms with Gasteiger partial charge in [0.25, 0.3) is 0 Å². The predicted octanol–water partition coefficient (Wildman–Crippen LogP) is 2.27. The summed E-state index contributed by atoms with van der Waals surface area (Å²) >= 11 is 5.92. The number of carboxylic acids is 1. The Kier molecular flexibility index (Phi) is 5.18. The van der Waals surface area contributed by atoms with Crippen LogP contribution in [0.4, 0.5) is 5.82 Å². The van der Waals surface area contributed by atoms with E-state index in [4.69, 9.17) is 21.4 Å². The van der Waals surface area contributed by atoms with Crippen LogP contribution in [0.25, 0.3) is 0 Å². The van der Waals surface area contributed by atoms with Crippen molar-refractivity contribution in [2.24, 2.45) is 0 Å². The normalized spacial score (nSPS) is 12.2. The molecular formula is C11H15ClN2O3. The highest BCUT2D eigenvalue weighted by atomic mass is 35.5. The van der Waals surface area contributed by atoms with Crippen molar-refractivity contribution in [2.75, 3.05) is 18.5 Å². The van der Waals surface area contributed by atoms with Gasteiger partial charge in [-0.2, -0.15) is 0 Å². The minimum absolute atomic E-state index is 0.00588. The van der Waals surface area contributed by atoms with Gasteiger partial charge >= 0.3 is 5.97 Å². The third-order valence-corrected chi connectivity index (χ3v) is 2.51. The molecule has 0 amide bonds. The highest BCUT2D eigenvalue weighted by Gasteiger charge is 2.13. The van der Waals surface area contributed by atoms with Crippen LogP contribution in [0.1, 0.15) is 24.2 Å². The predicted molar refractivity (Wildman–Crippen MR) is 65.8 cm³/mol. The number of ether oxygens (including phenoxy) is 1. The molecule has 0 spiro atoms. The number of carbonyl (C=O) groups is 1. The first-order valence-electron chi connectivity index (χ1n) is 5.29. The van der Waals surface area contributed by atoms with Gasteiger partial charge in [0.15, 0.2) is 0 Å². The number of halogens is 1. The Labute approximate surface area is 105 Å². The number of pyridine rings is 1. The maximum Gasteiger partial charge on any atom is 0.337 e. The fraction of sp³-hybridized carbons (Fsp3) is 0.455. The zero-order valence-electron chi connectivity index (χ0n) is 9.74. The van der Waals surface area contributed by atoms with Crippen molar-refractivity contribution in [2.45, 2.75) is 20.0 Å². The molecule has 0 bridgehead atoms. The van der Waals surface area contributed by atoms with E-state index in [1.807, 2.05) is 13.8 Å². The summed E-state index contributed by atoms with van der Waals surface area (Å²) in [4.78, 5) is 14.8. The molecule has 6 heteroatoms. The van der Waals surface area contributed by atoms with E-state index in [1.54, 1.807) is 0 Å². The van der Waals surface area contributed by atoms with Crippen LogP contribution in [0.3, 0.4) is 0 Å². The first-order chi connectivity index (χ1) is 8.06. The Balaban J connectivity index is 2.72. The van der Waals surface area contributed by atoms with Gasteiger partial charge in [-0.25, -0.2) is 9.78 Å². The quantitative estimate of drug-likeness (QED) is 0.819. The number of aromatic nitrogens is 1. The molecule has 1 rings (SSSR count). The lowest BCUT2D eigenvalue weighted by molar-refractivity contribution is 0.0697. The first kappa shape index (κ1) is 13.7. The smallest absolute Gasteiger partial charge is 0.337 e. The van der Waals surface area contributed by atoms with E-state index in [1.165, 1.54) is 12.3 Å². The largest absolute Gasteiger partial charge is 0.478 e. The Morgan fingerprint density at radius 3 is 3.00 bits per heavy atom. The lowest BCUT2D eigenvalue weighted by Crippen LogP contribution is -2.20. The summed E-state index contributed by atoms with van der Waals surface area (Å²) in [6.45, 7) is 4.96.